The summed E-state index contributed by atoms with van der Waals surface area (Å²) in [7, 11) is 0. The van der Waals surface area contributed by atoms with Crippen LogP contribution in [0.3, 0.4) is 0 Å². The standard InChI is InChI=1S/C15H33NO/c1-5-9-11-15(6-2)14-17-13-10-12-16(7-3)8-4/h15H,5-14H2,1-4H3. The first-order chi connectivity index (χ1) is 8.28. The summed E-state index contributed by atoms with van der Waals surface area (Å²) in [5.74, 6) is 0.781. The van der Waals surface area contributed by atoms with Crippen LogP contribution in [0.4, 0.5) is 0 Å². The van der Waals surface area contributed by atoms with Crippen LogP contribution in [0.1, 0.15) is 59.8 Å². The Morgan fingerprint density at radius 2 is 1.71 bits per heavy atom. The number of hydrogen-bond donors (Lipinski definition) is 0. The number of unbranched alkanes of at least 4 members (excludes halogenated alkanes) is 1. The van der Waals surface area contributed by atoms with Gasteiger partial charge in [0.15, 0.2) is 0 Å². The van der Waals surface area contributed by atoms with Gasteiger partial charge in [-0.2, -0.15) is 0 Å². The topological polar surface area (TPSA) is 12.5 Å². The van der Waals surface area contributed by atoms with Crippen LogP contribution in [-0.2, 0) is 4.74 Å². The molecule has 2 heteroatoms. The van der Waals surface area contributed by atoms with Crippen molar-refractivity contribution >= 4 is 0 Å². The van der Waals surface area contributed by atoms with E-state index in [0.717, 1.165) is 32.2 Å². The number of nitrogens with zero attached hydrogens (tertiary/aromatic N) is 1. The SMILES string of the molecule is CCCCC(CC)COCCCN(CC)CC. The summed E-state index contributed by atoms with van der Waals surface area (Å²) in [6, 6.07) is 0. The van der Waals surface area contributed by atoms with Crippen LogP contribution >= 0.6 is 0 Å². The first-order valence-electron chi connectivity index (χ1n) is 7.58. The lowest BCUT2D eigenvalue weighted by Crippen LogP contribution is -2.25. The van der Waals surface area contributed by atoms with Crippen molar-refractivity contribution in [3.8, 4) is 0 Å². The van der Waals surface area contributed by atoms with E-state index in [2.05, 4.69) is 32.6 Å². The molecule has 0 saturated heterocycles. The highest BCUT2D eigenvalue weighted by Gasteiger charge is 2.05. The number of ether oxygens (including phenoxy) is 1. The molecule has 0 aromatic rings. The molecule has 0 aromatic heterocycles. The lowest BCUT2D eigenvalue weighted by Gasteiger charge is -2.18. The number of hydrogen-bond acceptors (Lipinski definition) is 2. The van der Waals surface area contributed by atoms with Gasteiger partial charge < -0.3 is 9.64 Å². The van der Waals surface area contributed by atoms with Gasteiger partial charge >= 0.3 is 0 Å². The Morgan fingerprint density at radius 3 is 2.24 bits per heavy atom. The van der Waals surface area contributed by atoms with Crippen molar-refractivity contribution in [1.29, 1.82) is 0 Å². The predicted octanol–water partition coefficient (Wildman–Crippen LogP) is 3.95. The maximum Gasteiger partial charge on any atom is 0.0494 e. The molecule has 0 N–H and O–H groups in total. The van der Waals surface area contributed by atoms with Crippen LogP contribution in [0.15, 0.2) is 0 Å². The van der Waals surface area contributed by atoms with Gasteiger partial charge in [0, 0.05) is 19.8 Å². The van der Waals surface area contributed by atoms with Crippen molar-refractivity contribution < 1.29 is 4.74 Å². The van der Waals surface area contributed by atoms with E-state index in [1.807, 2.05) is 0 Å². The first-order valence-corrected chi connectivity index (χ1v) is 7.58. The van der Waals surface area contributed by atoms with E-state index in [1.54, 1.807) is 0 Å². The first kappa shape index (κ1) is 16.9. The van der Waals surface area contributed by atoms with Crippen LogP contribution < -0.4 is 0 Å². The van der Waals surface area contributed by atoms with Gasteiger partial charge in [-0.25, -0.2) is 0 Å². The Kier molecular flexibility index (Phi) is 12.3. The van der Waals surface area contributed by atoms with Gasteiger partial charge in [-0.1, -0.05) is 47.0 Å². The summed E-state index contributed by atoms with van der Waals surface area (Å²) in [6.45, 7) is 14.4. The van der Waals surface area contributed by atoms with Crippen molar-refractivity contribution in [2.24, 2.45) is 5.92 Å². The van der Waals surface area contributed by atoms with E-state index in [-0.39, 0.29) is 0 Å². The zero-order valence-electron chi connectivity index (χ0n) is 12.5. The van der Waals surface area contributed by atoms with Crippen molar-refractivity contribution in [3.63, 3.8) is 0 Å². The van der Waals surface area contributed by atoms with Gasteiger partial charge in [0.2, 0.25) is 0 Å². The van der Waals surface area contributed by atoms with Gasteiger partial charge in [-0.05, 0) is 31.8 Å². The Hall–Kier alpha value is -0.0800. The van der Waals surface area contributed by atoms with E-state index in [1.165, 1.54) is 38.6 Å². The van der Waals surface area contributed by atoms with Crippen molar-refractivity contribution in [2.75, 3.05) is 32.8 Å². The summed E-state index contributed by atoms with van der Waals surface area (Å²) in [6.07, 6.45) is 6.42. The van der Waals surface area contributed by atoms with Crippen LogP contribution in [0.25, 0.3) is 0 Å². The largest absolute Gasteiger partial charge is 0.381 e. The molecule has 0 amide bonds. The molecule has 0 spiro atoms. The second-order valence-corrected chi connectivity index (χ2v) is 4.87. The molecule has 1 atom stereocenters. The molecule has 0 saturated carbocycles. The van der Waals surface area contributed by atoms with E-state index < -0.39 is 0 Å². The van der Waals surface area contributed by atoms with Gasteiger partial charge in [0.25, 0.3) is 0 Å². The maximum absolute atomic E-state index is 5.80. The maximum atomic E-state index is 5.80. The highest BCUT2D eigenvalue weighted by atomic mass is 16.5. The normalized spacial score (nSPS) is 13.2. The van der Waals surface area contributed by atoms with Crippen molar-refractivity contribution in [2.45, 2.75) is 59.8 Å². The molecular weight excluding hydrogens is 210 g/mol. The molecular formula is C15H33NO. The smallest absolute Gasteiger partial charge is 0.0494 e. The highest BCUT2D eigenvalue weighted by molar-refractivity contribution is 4.56. The Morgan fingerprint density at radius 1 is 1.00 bits per heavy atom. The second-order valence-electron chi connectivity index (χ2n) is 4.87. The Labute approximate surface area is 109 Å². The number of rotatable bonds is 12. The predicted molar refractivity (Wildman–Crippen MR) is 76.5 cm³/mol. The molecule has 0 aliphatic carbocycles. The van der Waals surface area contributed by atoms with Crippen LogP contribution in [0.5, 0.6) is 0 Å². The Bertz CT molecular complexity index is 146. The third kappa shape index (κ3) is 9.61. The van der Waals surface area contributed by atoms with Crippen LogP contribution in [-0.4, -0.2) is 37.7 Å². The van der Waals surface area contributed by atoms with Gasteiger partial charge in [0.1, 0.15) is 0 Å². The lowest BCUT2D eigenvalue weighted by molar-refractivity contribution is 0.0860. The van der Waals surface area contributed by atoms with E-state index in [0.29, 0.717) is 0 Å². The molecule has 0 aromatic carbocycles. The highest BCUT2D eigenvalue weighted by Crippen LogP contribution is 2.12. The van der Waals surface area contributed by atoms with Crippen molar-refractivity contribution in [3.05, 3.63) is 0 Å². The summed E-state index contributed by atoms with van der Waals surface area (Å²) in [5, 5.41) is 0. The summed E-state index contributed by atoms with van der Waals surface area (Å²) >= 11 is 0. The summed E-state index contributed by atoms with van der Waals surface area (Å²) < 4.78 is 5.80. The molecule has 0 aliphatic heterocycles. The second kappa shape index (κ2) is 12.4. The average Bonchev–Trinajstić information content (AvgIpc) is 2.37. The molecule has 104 valence electrons. The monoisotopic (exact) mass is 243 g/mol. The molecule has 2 nitrogen and oxygen atoms in total. The van der Waals surface area contributed by atoms with Crippen LogP contribution in [0, 0.1) is 5.92 Å². The molecule has 0 heterocycles. The van der Waals surface area contributed by atoms with Crippen molar-refractivity contribution in [1.82, 2.24) is 4.90 Å². The lowest BCUT2D eigenvalue weighted by atomic mass is 10.0. The fourth-order valence-electron chi connectivity index (χ4n) is 2.08. The van der Waals surface area contributed by atoms with Gasteiger partial charge in [-0.3, -0.25) is 0 Å². The minimum Gasteiger partial charge on any atom is -0.381 e. The van der Waals surface area contributed by atoms with Gasteiger partial charge in [-0.15, -0.1) is 0 Å². The minimum atomic E-state index is 0.781. The molecule has 17 heavy (non-hydrogen) atoms. The van der Waals surface area contributed by atoms with E-state index in [9.17, 15) is 0 Å². The van der Waals surface area contributed by atoms with E-state index in [4.69, 9.17) is 4.74 Å². The van der Waals surface area contributed by atoms with Gasteiger partial charge in [0.05, 0.1) is 0 Å². The van der Waals surface area contributed by atoms with E-state index >= 15 is 0 Å². The Balaban J connectivity index is 3.41. The minimum absolute atomic E-state index is 0.781. The summed E-state index contributed by atoms with van der Waals surface area (Å²) in [5.41, 5.74) is 0. The molecule has 0 bridgehead atoms. The fraction of sp³-hybridized carbons (Fsp3) is 1.00. The fourth-order valence-corrected chi connectivity index (χ4v) is 2.08. The zero-order valence-corrected chi connectivity index (χ0v) is 12.5. The third-order valence-corrected chi connectivity index (χ3v) is 3.55. The molecule has 1 unspecified atom stereocenters. The third-order valence-electron chi connectivity index (χ3n) is 3.55. The molecule has 0 aliphatic rings. The zero-order chi connectivity index (χ0) is 12.9. The molecule has 0 rings (SSSR count). The average molecular weight is 243 g/mol. The quantitative estimate of drug-likeness (QED) is 0.481. The van der Waals surface area contributed by atoms with Crippen LogP contribution in [0.2, 0.25) is 0 Å². The molecule has 0 fully saturated rings. The summed E-state index contributed by atoms with van der Waals surface area (Å²) in [4.78, 5) is 2.46. The molecule has 0 radical (unpaired) electrons.